The van der Waals surface area contributed by atoms with Crippen molar-refractivity contribution in [2.45, 2.75) is 0 Å². The zero-order chi connectivity index (χ0) is 11.5. The lowest BCUT2D eigenvalue weighted by atomic mass is 10.3. The smallest absolute Gasteiger partial charge is 0.171 e. The Kier molecular flexibility index (Phi) is 3.36. The molecule has 82 valence electrons. The van der Waals surface area contributed by atoms with Crippen molar-refractivity contribution in [1.82, 2.24) is 9.97 Å². The van der Waals surface area contributed by atoms with Gasteiger partial charge in [-0.15, -0.1) is 0 Å². The van der Waals surface area contributed by atoms with Crippen molar-refractivity contribution in [2.75, 3.05) is 5.32 Å². The van der Waals surface area contributed by atoms with Crippen LogP contribution in [-0.4, -0.2) is 9.97 Å². The number of aromatic nitrogens is 2. The number of nitrogens with one attached hydrogen (secondary N) is 1. The second-order valence-corrected chi connectivity index (χ2v) is 4.16. The molecule has 1 N–H and O–H groups in total. The van der Waals surface area contributed by atoms with Crippen molar-refractivity contribution in [3.8, 4) is 0 Å². The first kappa shape index (κ1) is 11.3. The molecule has 1 aromatic heterocycles. The molecule has 0 radical (unpaired) electrons. The number of nitrogens with zero attached hydrogens (tertiary/aromatic N) is 2. The maximum atomic E-state index is 12.9. The predicted molar refractivity (Wildman–Crippen MR) is 64.4 cm³/mol. The molecule has 0 aliphatic carbocycles. The van der Waals surface area contributed by atoms with E-state index in [1.165, 1.54) is 24.5 Å². The number of hydrogen-bond acceptors (Lipinski definition) is 3. The lowest BCUT2D eigenvalue weighted by Crippen LogP contribution is -1.96. The SMILES string of the molecule is Fc1ccc(Nc2nccnc2Cl)c(Br)c1. The molecular formula is C10H6BrClFN3. The molecule has 1 heterocycles. The Hall–Kier alpha value is -1.20. The fourth-order valence-electron chi connectivity index (χ4n) is 1.12. The summed E-state index contributed by atoms with van der Waals surface area (Å²) in [7, 11) is 0. The number of halogens is 3. The first-order chi connectivity index (χ1) is 7.66. The van der Waals surface area contributed by atoms with Crippen LogP contribution in [0.5, 0.6) is 0 Å². The second-order valence-electron chi connectivity index (χ2n) is 2.94. The molecule has 0 aliphatic rings. The summed E-state index contributed by atoms with van der Waals surface area (Å²) < 4.78 is 13.4. The van der Waals surface area contributed by atoms with Crippen LogP contribution < -0.4 is 5.32 Å². The predicted octanol–water partition coefficient (Wildman–Crippen LogP) is 3.78. The minimum absolute atomic E-state index is 0.263. The van der Waals surface area contributed by atoms with Gasteiger partial charge in [-0.2, -0.15) is 0 Å². The summed E-state index contributed by atoms with van der Waals surface area (Å²) in [6.07, 6.45) is 3.01. The van der Waals surface area contributed by atoms with Gasteiger partial charge < -0.3 is 5.32 Å². The topological polar surface area (TPSA) is 37.8 Å². The van der Waals surface area contributed by atoms with Crippen molar-refractivity contribution in [1.29, 1.82) is 0 Å². The largest absolute Gasteiger partial charge is 0.337 e. The van der Waals surface area contributed by atoms with Crippen molar-refractivity contribution in [3.05, 3.63) is 46.0 Å². The van der Waals surface area contributed by atoms with E-state index in [1.807, 2.05) is 0 Å². The minimum atomic E-state index is -0.317. The highest BCUT2D eigenvalue weighted by atomic mass is 79.9. The molecule has 2 aromatic rings. The Bertz CT molecular complexity index is 521. The van der Waals surface area contributed by atoms with Gasteiger partial charge in [0, 0.05) is 16.9 Å². The van der Waals surface area contributed by atoms with Gasteiger partial charge in [0.15, 0.2) is 11.0 Å². The summed E-state index contributed by atoms with van der Waals surface area (Å²) in [6, 6.07) is 4.29. The maximum Gasteiger partial charge on any atom is 0.171 e. The molecule has 3 nitrogen and oxygen atoms in total. The van der Waals surface area contributed by atoms with Crippen molar-refractivity contribution in [2.24, 2.45) is 0 Å². The van der Waals surface area contributed by atoms with Crippen LogP contribution in [0, 0.1) is 5.82 Å². The van der Waals surface area contributed by atoms with E-state index in [4.69, 9.17) is 11.6 Å². The molecule has 2 rings (SSSR count). The van der Waals surface area contributed by atoms with Crippen LogP contribution in [0.3, 0.4) is 0 Å². The lowest BCUT2D eigenvalue weighted by Gasteiger charge is -2.08. The Labute approximate surface area is 105 Å². The zero-order valence-corrected chi connectivity index (χ0v) is 10.3. The Balaban J connectivity index is 2.31. The number of anilines is 2. The van der Waals surface area contributed by atoms with E-state index in [9.17, 15) is 4.39 Å². The molecule has 0 unspecified atom stereocenters. The van der Waals surface area contributed by atoms with E-state index in [0.717, 1.165) is 0 Å². The van der Waals surface area contributed by atoms with Gasteiger partial charge in [0.25, 0.3) is 0 Å². The number of benzene rings is 1. The van der Waals surface area contributed by atoms with E-state index in [0.29, 0.717) is 16.0 Å². The van der Waals surface area contributed by atoms with Crippen LogP contribution in [-0.2, 0) is 0 Å². The summed E-state index contributed by atoms with van der Waals surface area (Å²) in [5, 5.41) is 3.21. The van der Waals surface area contributed by atoms with Gasteiger partial charge in [-0.3, -0.25) is 0 Å². The van der Waals surface area contributed by atoms with Gasteiger partial charge in [0.05, 0.1) is 5.69 Å². The molecule has 16 heavy (non-hydrogen) atoms. The fourth-order valence-corrected chi connectivity index (χ4v) is 1.73. The Morgan fingerprint density at radius 3 is 2.69 bits per heavy atom. The molecule has 0 aliphatic heterocycles. The van der Waals surface area contributed by atoms with Gasteiger partial charge in [-0.05, 0) is 34.1 Å². The quantitative estimate of drug-likeness (QED) is 0.917. The molecule has 0 spiro atoms. The molecular weight excluding hydrogens is 296 g/mol. The molecule has 0 amide bonds. The third kappa shape index (κ3) is 2.48. The van der Waals surface area contributed by atoms with Crippen LogP contribution in [0.25, 0.3) is 0 Å². The van der Waals surface area contributed by atoms with Crippen LogP contribution in [0.15, 0.2) is 35.1 Å². The molecule has 0 bridgehead atoms. The average Bonchev–Trinajstić information content (AvgIpc) is 2.25. The summed E-state index contributed by atoms with van der Waals surface area (Å²) in [5.41, 5.74) is 0.670. The highest BCUT2D eigenvalue weighted by molar-refractivity contribution is 9.10. The van der Waals surface area contributed by atoms with Crippen molar-refractivity contribution >= 4 is 39.0 Å². The van der Waals surface area contributed by atoms with E-state index in [1.54, 1.807) is 6.07 Å². The molecule has 0 fully saturated rings. The van der Waals surface area contributed by atoms with Gasteiger partial charge in [-0.1, -0.05) is 11.6 Å². The van der Waals surface area contributed by atoms with E-state index in [2.05, 4.69) is 31.2 Å². The van der Waals surface area contributed by atoms with E-state index >= 15 is 0 Å². The molecule has 0 saturated carbocycles. The third-order valence-corrected chi connectivity index (χ3v) is 2.77. The standard InChI is InChI=1S/C10H6BrClFN3/c11-7-5-6(13)1-2-8(7)16-10-9(12)14-3-4-15-10/h1-5H,(H,15,16). The average molecular weight is 303 g/mol. The number of hydrogen-bond donors (Lipinski definition) is 1. The fraction of sp³-hybridized carbons (Fsp3) is 0. The summed E-state index contributed by atoms with van der Waals surface area (Å²) in [4.78, 5) is 7.89. The molecule has 1 aromatic carbocycles. The molecule has 6 heteroatoms. The van der Waals surface area contributed by atoms with Gasteiger partial charge in [0.1, 0.15) is 5.82 Å². The monoisotopic (exact) mass is 301 g/mol. The van der Waals surface area contributed by atoms with Crippen LogP contribution in [0.4, 0.5) is 15.9 Å². The van der Waals surface area contributed by atoms with Gasteiger partial charge in [-0.25, -0.2) is 14.4 Å². The maximum absolute atomic E-state index is 12.9. The van der Waals surface area contributed by atoms with Gasteiger partial charge >= 0.3 is 0 Å². The Morgan fingerprint density at radius 1 is 1.25 bits per heavy atom. The summed E-state index contributed by atoms with van der Waals surface area (Å²) in [6.45, 7) is 0. The van der Waals surface area contributed by atoms with Crippen LogP contribution >= 0.6 is 27.5 Å². The molecule has 0 atom stereocenters. The highest BCUT2D eigenvalue weighted by Crippen LogP contribution is 2.27. The van der Waals surface area contributed by atoms with Crippen LogP contribution in [0.1, 0.15) is 0 Å². The number of rotatable bonds is 2. The summed E-state index contributed by atoms with van der Waals surface area (Å²) in [5.74, 6) is 0.110. The van der Waals surface area contributed by atoms with Crippen molar-refractivity contribution in [3.63, 3.8) is 0 Å². The van der Waals surface area contributed by atoms with E-state index in [-0.39, 0.29) is 11.0 Å². The summed E-state index contributed by atoms with van der Waals surface area (Å²) >= 11 is 9.07. The first-order valence-corrected chi connectivity index (χ1v) is 5.52. The lowest BCUT2D eigenvalue weighted by molar-refractivity contribution is 0.627. The minimum Gasteiger partial charge on any atom is -0.337 e. The second kappa shape index (κ2) is 4.76. The Morgan fingerprint density at radius 2 is 2.00 bits per heavy atom. The van der Waals surface area contributed by atoms with E-state index < -0.39 is 0 Å². The highest BCUT2D eigenvalue weighted by Gasteiger charge is 2.05. The van der Waals surface area contributed by atoms with Crippen LogP contribution in [0.2, 0.25) is 5.15 Å². The first-order valence-electron chi connectivity index (χ1n) is 4.35. The van der Waals surface area contributed by atoms with Gasteiger partial charge in [0.2, 0.25) is 0 Å². The normalized spacial score (nSPS) is 10.2. The molecule has 0 saturated heterocycles. The third-order valence-electron chi connectivity index (χ3n) is 1.84. The zero-order valence-electron chi connectivity index (χ0n) is 7.92. The van der Waals surface area contributed by atoms with Crippen molar-refractivity contribution < 1.29 is 4.39 Å².